The zero-order valence-corrected chi connectivity index (χ0v) is 13.1. The van der Waals surface area contributed by atoms with Crippen molar-refractivity contribution in [2.45, 2.75) is 32.0 Å². The van der Waals surface area contributed by atoms with Gasteiger partial charge in [0.1, 0.15) is 11.4 Å². The lowest BCUT2D eigenvalue weighted by molar-refractivity contribution is -0.137. The molecule has 0 saturated carbocycles. The highest BCUT2D eigenvalue weighted by Gasteiger charge is 2.47. The molecule has 2 aromatic heterocycles. The monoisotopic (exact) mass is 336 g/mol. The molecule has 1 aliphatic rings. The van der Waals surface area contributed by atoms with E-state index in [4.69, 9.17) is 5.73 Å². The number of nitrogens with zero attached hydrogens (tertiary/aromatic N) is 3. The number of carbonyl (C=O) groups is 1. The van der Waals surface area contributed by atoms with Gasteiger partial charge >= 0.3 is 6.18 Å². The summed E-state index contributed by atoms with van der Waals surface area (Å²) in [6.07, 6.45) is -2.74. The van der Waals surface area contributed by atoms with E-state index in [0.29, 0.717) is 11.4 Å². The summed E-state index contributed by atoms with van der Waals surface area (Å²) in [5.41, 5.74) is 4.81. The van der Waals surface area contributed by atoms with Crippen LogP contribution in [0.15, 0.2) is 30.5 Å². The van der Waals surface area contributed by atoms with Gasteiger partial charge in [0, 0.05) is 18.3 Å². The third kappa shape index (κ3) is 2.47. The van der Waals surface area contributed by atoms with Crippen molar-refractivity contribution < 1.29 is 18.0 Å². The van der Waals surface area contributed by atoms with Crippen molar-refractivity contribution in [3.05, 3.63) is 47.4 Å². The fourth-order valence-electron chi connectivity index (χ4n) is 2.94. The number of carbonyl (C=O) groups excluding carboxylic acids is 1. The van der Waals surface area contributed by atoms with E-state index >= 15 is 0 Å². The average molecular weight is 336 g/mol. The van der Waals surface area contributed by atoms with Gasteiger partial charge in [-0.15, -0.1) is 0 Å². The number of fused-ring (bicyclic) bond motifs is 1. The van der Waals surface area contributed by atoms with Crippen LogP contribution in [0, 0.1) is 6.92 Å². The highest BCUT2D eigenvalue weighted by molar-refractivity contribution is 5.93. The van der Waals surface area contributed by atoms with Gasteiger partial charge in [0.2, 0.25) is 5.91 Å². The molecule has 1 amide bonds. The predicted molar refractivity (Wildman–Crippen MR) is 81.7 cm³/mol. The van der Waals surface area contributed by atoms with Crippen molar-refractivity contribution in [2.24, 2.45) is 5.73 Å². The molecular formula is C16H15F3N4O. The Balaban J connectivity index is 2.22. The molecule has 8 heteroatoms. The fraction of sp³-hybridized carbons (Fsp3) is 0.312. The van der Waals surface area contributed by atoms with E-state index < -0.39 is 23.2 Å². The first-order chi connectivity index (χ1) is 11.1. The van der Waals surface area contributed by atoms with Crippen molar-refractivity contribution in [1.82, 2.24) is 9.97 Å². The molecule has 0 fully saturated rings. The number of aromatic nitrogens is 2. The molecule has 0 aromatic carbocycles. The number of alkyl halides is 3. The van der Waals surface area contributed by atoms with Gasteiger partial charge in [-0.1, -0.05) is 0 Å². The van der Waals surface area contributed by atoms with E-state index in [-0.39, 0.29) is 17.9 Å². The first-order valence-corrected chi connectivity index (χ1v) is 7.23. The van der Waals surface area contributed by atoms with Crippen LogP contribution in [-0.2, 0) is 17.4 Å². The maximum atomic E-state index is 13.1. The van der Waals surface area contributed by atoms with Gasteiger partial charge in [0.25, 0.3) is 0 Å². The first kappa shape index (κ1) is 16.2. The summed E-state index contributed by atoms with van der Waals surface area (Å²) < 4.78 is 39.4. The molecule has 1 atom stereocenters. The van der Waals surface area contributed by atoms with Crippen LogP contribution in [0.5, 0.6) is 0 Å². The van der Waals surface area contributed by atoms with Gasteiger partial charge in [-0.2, -0.15) is 13.2 Å². The minimum Gasteiger partial charge on any atom is -0.368 e. The zero-order chi connectivity index (χ0) is 17.7. The second-order valence-electron chi connectivity index (χ2n) is 5.97. The Morgan fingerprint density at radius 2 is 2.08 bits per heavy atom. The SMILES string of the molecule is Cc1cc(C(F)(F)F)cc(N2c3cccnc3CC2(C)C(N)=O)n1. The lowest BCUT2D eigenvalue weighted by Crippen LogP contribution is -2.52. The Bertz CT molecular complexity index is 821. The summed E-state index contributed by atoms with van der Waals surface area (Å²) in [5, 5.41) is 0. The Morgan fingerprint density at radius 1 is 1.38 bits per heavy atom. The molecule has 0 bridgehead atoms. The van der Waals surface area contributed by atoms with Gasteiger partial charge in [-0.25, -0.2) is 4.98 Å². The number of rotatable bonds is 2. The number of nitrogens with two attached hydrogens (primary N) is 1. The van der Waals surface area contributed by atoms with E-state index in [1.165, 1.54) is 11.8 Å². The lowest BCUT2D eigenvalue weighted by atomic mass is 9.97. The van der Waals surface area contributed by atoms with Gasteiger partial charge in [-0.3, -0.25) is 9.78 Å². The predicted octanol–water partition coefficient (Wildman–Crippen LogP) is 2.74. The third-order valence-electron chi connectivity index (χ3n) is 4.14. The zero-order valence-electron chi connectivity index (χ0n) is 13.1. The first-order valence-electron chi connectivity index (χ1n) is 7.23. The highest BCUT2D eigenvalue weighted by Crippen LogP contribution is 2.43. The van der Waals surface area contributed by atoms with E-state index in [9.17, 15) is 18.0 Å². The molecule has 2 aromatic rings. The van der Waals surface area contributed by atoms with Crippen LogP contribution in [0.3, 0.4) is 0 Å². The summed E-state index contributed by atoms with van der Waals surface area (Å²) in [5.74, 6) is -0.632. The number of primary amides is 1. The second-order valence-corrected chi connectivity index (χ2v) is 5.97. The molecule has 0 spiro atoms. The van der Waals surface area contributed by atoms with Gasteiger partial charge < -0.3 is 10.6 Å². The summed E-state index contributed by atoms with van der Waals surface area (Å²) >= 11 is 0. The molecule has 126 valence electrons. The van der Waals surface area contributed by atoms with Crippen molar-refractivity contribution >= 4 is 17.4 Å². The lowest BCUT2D eigenvalue weighted by Gasteiger charge is -2.34. The van der Waals surface area contributed by atoms with E-state index in [0.717, 1.165) is 12.1 Å². The normalized spacial score (nSPS) is 20.1. The number of hydrogen-bond donors (Lipinski definition) is 1. The third-order valence-corrected chi connectivity index (χ3v) is 4.14. The molecule has 0 aliphatic carbocycles. The standard InChI is InChI=1S/C16H15F3N4O/c1-9-6-10(16(17,18)19)7-13(22-9)23-12-4-3-5-21-11(12)8-15(23,2)14(20)24/h3-7H,8H2,1-2H3,(H2,20,24). The van der Waals surface area contributed by atoms with Crippen LogP contribution in [0.1, 0.15) is 23.9 Å². The molecule has 5 nitrogen and oxygen atoms in total. The number of hydrogen-bond acceptors (Lipinski definition) is 4. The van der Waals surface area contributed by atoms with Crippen LogP contribution in [0.2, 0.25) is 0 Å². The molecule has 1 unspecified atom stereocenters. The summed E-state index contributed by atoms with van der Waals surface area (Å²) in [7, 11) is 0. The van der Waals surface area contributed by atoms with Crippen LogP contribution in [0.25, 0.3) is 0 Å². The van der Waals surface area contributed by atoms with Crippen LogP contribution in [0.4, 0.5) is 24.7 Å². The van der Waals surface area contributed by atoms with Gasteiger partial charge in [-0.05, 0) is 38.1 Å². The van der Waals surface area contributed by atoms with Crippen molar-refractivity contribution in [1.29, 1.82) is 0 Å². The second kappa shape index (κ2) is 5.19. The number of amides is 1. The van der Waals surface area contributed by atoms with E-state index in [2.05, 4.69) is 9.97 Å². The Labute approximate surface area is 136 Å². The van der Waals surface area contributed by atoms with Gasteiger partial charge in [0.05, 0.1) is 16.9 Å². The van der Waals surface area contributed by atoms with E-state index in [1.54, 1.807) is 25.3 Å². The maximum absolute atomic E-state index is 13.1. The molecule has 1 aliphatic heterocycles. The summed E-state index contributed by atoms with van der Waals surface area (Å²) in [6.45, 7) is 3.05. The number of aryl methyl sites for hydroxylation is 1. The molecule has 3 rings (SSSR count). The smallest absolute Gasteiger partial charge is 0.368 e. The van der Waals surface area contributed by atoms with Crippen LogP contribution >= 0.6 is 0 Å². The molecular weight excluding hydrogens is 321 g/mol. The van der Waals surface area contributed by atoms with Crippen LogP contribution in [-0.4, -0.2) is 21.4 Å². The van der Waals surface area contributed by atoms with Crippen molar-refractivity contribution in [3.8, 4) is 0 Å². The molecule has 24 heavy (non-hydrogen) atoms. The molecule has 0 saturated heterocycles. The largest absolute Gasteiger partial charge is 0.416 e. The molecule has 3 heterocycles. The summed E-state index contributed by atoms with van der Waals surface area (Å²) in [6, 6.07) is 5.23. The minimum absolute atomic E-state index is 0.0235. The van der Waals surface area contributed by atoms with Crippen LogP contribution < -0.4 is 10.6 Å². The minimum atomic E-state index is -4.51. The van der Waals surface area contributed by atoms with Crippen molar-refractivity contribution in [3.63, 3.8) is 0 Å². The maximum Gasteiger partial charge on any atom is 0.416 e. The van der Waals surface area contributed by atoms with Gasteiger partial charge in [0.15, 0.2) is 0 Å². The highest BCUT2D eigenvalue weighted by atomic mass is 19.4. The Hall–Kier alpha value is -2.64. The number of pyridine rings is 2. The quantitative estimate of drug-likeness (QED) is 0.915. The molecule has 2 N–H and O–H groups in total. The number of halogens is 3. The van der Waals surface area contributed by atoms with Crippen molar-refractivity contribution in [2.75, 3.05) is 4.90 Å². The topological polar surface area (TPSA) is 72.1 Å². The fourth-order valence-corrected chi connectivity index (χ4v) is 2.94. The average Bonchev–Trinajstić information content (AvgIpc) is 2.79. The Morgan fingerprint density at radius 3 is 2.71 bits per heavy atom. The summed E-state index contributed by atoms with van der Waals surface area (Å²) in [4.78, 5) is 21.9. The number of anilines is 2. The molecule has 0 radical (unpaired) electrons. The Kier molecular flexibility index (Phi) is 3.51. The van der Waals surface area contributed by atoms with E-state index in [1.807, 2.05) is 0 Å².